The Morgan fingerprint density at radius 2 is 2.23 bits per heavy atom. The lowest BCUT2D eigenvalue weighted by atomic mass is 9.97. The number of hydrogen-bond acceptors (Lipinski definition) is 1. The van der Waals surface area contributed by atoms with Crippen molar-refractivity contribution in [1.82, 2.24) is 4.98 Å². The van der Waals surface area contributed by atoms with E-state index in [0.29, 0.717) is 5.92 Å². The van der Waals surface area contributed by atoms with Crippen LogP contribution in [0.1, 0.15) is 23.7 Å². The molecule has 0 fully saturated rings. The molecule has 1 atom stereocenters. The van der Waals surface area contributed by atoms with Crippen molar-refractivity contribution in [2.24, 2.45) is 0 Å². The molecule has 0 N–H and O–H groups in total. The van der Waals surface area contributed by atoms with Crippen LogP contribution in [0.3, 0.4) is 0 Å². The standard InChI is InChI=1S/C12H13N/c1-10-6-5-9-12(13-10)11-7-3-2-4-8-11/h2-7,9,11H,8H2,1H3/t11-/m1/s1. The third kappa shape index (κ3) is 1.86. The van der Waals surface area contributed by atoms with Crippen LogP contribution in [0.15, 0.2) is 42.5 Å². The van der Waals surface area contributed by atoms with E-state index < -0.39 is 0 Å². The highest BCUT2D eigenvalue weighted by Crippen LogP contribution is 2.22. The summed E-state index contributed by atoms with van der Waals surface area (Å²) in [7, 11) is 0. The zero-order chi connectivity index (χ0) is 9.10. The van der Waals surface area contributed by atoms with Crippen LogP contribution in [0.2, 0.25) is 0 Å². The molecule has 66 valence electrons. The number of pyridine rings is 1. The molecular formula is C12H13N. The summed E-state index contributed by atoms with van der Waals surface area (Å²) >= 11 is 0. The molecule has 0 saturated heterocycles. The first-order chi connectivity index (χ1) is 6.36. The number of rotatable bonds is 1. The molecule has 0 aromatic carbocycles. The van der Waals surface area contributed by atoms with E-state index in [2.05, 4.69) is 41.4 Å². The molecule has 1 aliphatic rings. The third-order valence-corrected chi connectivity index (χ3v) is 2.27. The summed E-state index contributed by atoms with van der Waals surface area (Å²) in [5, 5.41) is 0. The van der Waals surface area contributed by atoms with Gasteiger partial charge in [-0.3, -0.25) is 4.98 Å². The fraction of sp³-hybridized carbons (Fsp3) is 0.250. The van der Waals surface area contributed by atoms with Gasteiger partial charge in [0.2, 0.25) is 0 Å². The predicted octanol–water partition coefficient (Wildman–Crippen LogP) is 2.99. The van der Waals surface area contributed by atoms with Gasteiger partial charge in [-0.05, 0) is 25.5 Å². The van der Waals surface area contributed by atoms with Gasteiger partial charge in [0.15, 0.2) is 0 Å². The Balaban J connectivity index is 2.25. The van der Waals surface area contributed by atoms with Crippen molar-refractivity contribution in [1.29, 1.82) is 0 Å². The van der Waals surface area contributed by atoms with E-state index in [1.807, 2.05) is 13.0 Å². The Morgan fingerprint density at radius 3 is 2.92 bits per heavy atom. The van der Waals surface area contributed by atoms with Crippen molar-refractivity contribution in [2.75, 3.05) is 0 Å². The van der Waals surface area contributed by atoms with Crippen LogP contribution in [0, 0.1) is 6.92 Å². The first kappa shape index (κ1) is 8.24. The fourth-order valence-corrected chi connectivity index (χ4v) is 1.57. The van der Waals surface area contributed by atoms with E-state index in [1.54, 1.807) is 0 Å². The number of allylic oxidation sites excluding steroid dienone is 4. The Bertz CT molecular complexity index is 350. The molecule has 1 heterocycles. The molecule has 1 aliphatic carbocycles. The van der Waals surface area contributed by atoms with E-state index in [9.17, 15) is 0 Å². The number of aryl methyl sites for hydroxylation is 1. The summed E-state index contributed by atoms with van der Waals surface area (Å²) in [5.41, 5.74) is 2.28. The zero-order valence-electron chi connectivity index (χ0n) is 7.77. The topological polar surface area (TPSA) is 12.9 Å². The Morgan fingerprint density at radius 1 is 1.31 bits per heavy atom. The van der Waals surface area contributed by atoms with E-state index in [-0.39, 0.29) is 0 Å². The molecule has 2 rings (SSSR count). The smallest absolute Gasteiger partial charge is 0.0478 e. The monoisotopic (exact) mass is 171 g/mol. The molecule has 1 nitrogen and oxygen atoms in total. The van der Waals surface area contributed by atoms with Crippen molar-refractivity contribution < 1.29 is 0 Å². The lowest BCUT2D eigenvalue weighted by Gasteiger charge is -2.12. The maximum absolute atomic E-state index is 4.51. The van der Waals surface area contributed by atoms with Crippen LogP contribution in [-0.4, -0.2) is 4.98 Å². The van der Waals surface area contributed by atoms with Gasteiger partial charge in [0.05, 0.1) is 0 Å². The minimum Gasteiger partial charge on any atom is -0.258 e. The number of hydrogen-bond donors (Lipinski definition) is 0. The molecule has 0 saturated carbocycles. The second-order valence-corrected chi connectivity index (χ2v) is 3.36. The van der Waals surface area contributed by atoms with Crippen molar-refractivity contribution in [3.63, 3.8) is 0 Å². The lowest BCUT2D eigenvalue weighted by molar-refractivity contribution is 0.809. The van der Waals surface area contributed by atoms with Gasteiger partial charge in [-0.15, -0.1) is 0 Å². The molecular weight excluding hydrogens is 158 g/mol. The van der Waals surface area contributed by atoms with Crippen LogP contribution in [0.4, 0.5) is 0 Å². The second-order valence-electron chi connectivity index (χ2n) is 3.36. The SMILES string of the molecule is Cc1cccc([C@@H]2C=CC=CC2)n1. The zero-order valence-corrected chi connectivity index (χ0v) is 7.77. The van der Waals surface area contributed by atoms with Gasteiger partial charge in [-0.1, -0.05) is 30.4 Å². The van der Waals surface area contributed by atoms with Gasteiger partial charge in [-0.25, -0.2) is 0 Å². The van der Waals surface area contributed by atoms with Gasteiger partial charge >= 0.3 is 0 Å². The fourth-order valence-electron chi connectivity index (χ4n) is 1.57. The average molecular weight is 171 g/mol. The predicted molar refractivity (Wildman–Crippen MR) is 54.6 cm³/mol. The Kier molecular flexibility index (Phi) is 2.26. The van der Waals surface area contributed by atoms with Crippen molar-refractivity contribution in [2.45, 2.75) is 19.3 Å². The van der Waals surface area contributed by atoms with Crippen LogP contribution in [-0.2, 0) is 0 Å². The molecule has 0 aliphatic heterocycles. The summed E-state index contributed by atoms with van der Waals surface area (Å²) in [6.45, 7) is 2.03. The normalized spacial score (nSPS) is 20.5. The molecule has 13 heavy (non-hydrogen) atoms. The number of aromatic nitrogens is 1. The van der Waals surface area contributed by atoms with Gasteiger partial charge in [0.25, 0.3) is 0 Å². The molecule has 1 heteroatoms. The molecule has 0 bridgehead atoms. The van der Waals surface area contributed by atoms with E-state index >= 15 is 0 Å². The van der Waals surface area contributed by atoms with Crippen LogP contribution < -0.4 is 0 Å². The maximum Gasteiger partial charge on any atom is 0.0478 e. The summed E-state index contributed by atoms with van der Waals surface area (Å²) in [6, 6.07) is 6.21. The molecule has 0 radical (unpaired) electrons. The van der Waals surface area contributed by atoms with E-state index in [1.165, 1.54) is 5.69 Å². The van der Waals surface area contributed by atoms with Crippen molar-refractivity contribution in [3.8, 4) is 0 Å². The summed E-state index contributed by atoms with van der Waals surface area (Å²) in [4.78, 5) is 4.51. The van der Waals surface area contributed by atoms with Crippen LogP contribution in [0.25, 0.3) is 0 Å². The molecule has 0 unspecified atom stereocenters. The summed E-state index contributed by atoms with van der Waals surface area (Å²) in [5.74, 6) is 0.477. The first-order valence-corrected chi connectivity index (χ1v) is 4.63. The molecule has 0 amide bonds. The Labute approximate surface area is 78.8 Å². The largest absolute Gasteiger partial charge is 0.258 e. The number of nitrogens with zero attached hydrogens (tertiary/aromatic N) is 1. The van der Waals surface area contributed by atoms with Crippen molar-refractivity contribution >= 4 is 0 Å². The minimum atomic E-state index is 0.477. The highest BCUT2D eigenvalue weighted by molar-refractivity contribution is 5.24. The summed E-state index contributed by atoms with van der Waals surface area (Å²) in [6.07, 6.45) is 9.66. The minimum absolute atomic E-state index is 0.477. The first-order valence-electron chi connectivity index (χ1n) is 4.63. The molecule has 1 aromatic rings. The van der Waals surface area contributed by atoms with Gasteiger partial charge in [0, 0.05) is 17.3 Å². The molecule has 0 spiro atoms. The van der Waals surface area contributed by atoms with Crippen LogP contribution >= 0.6 is 0 Å². The quantitative estimate of drug-likeness (QED) is 0.633. The van der Waals surface area contributed by atoms with Gasteiger partial charge in [0.1, 0.15) is 0 Å². The van der Waals surface area contributed by atoms with Crippen LogP contribution in [0.5, 0.6) is 0 Å². The average Bonchev–Trinajstić information content (AvgIpc) is 2.19. The second kappa shape index (κ2) is 3.56. The van der Waals surface area contributed by atoms with Gasteiger partial charge < -0.3 is 0 Å². The lowest BCUT2D eigenvalue weighted by Crippen LogP contribution is -1.99. The highest BCUT2D eigenvalue weighted by atomic mass is 14.7. The third-order valence-electron chi connectivity index (χ3n) is 2.27. The van der Waals surface area contributed by atoms with E-state index in [0.717, 1.165) is 12.1 Å². The maximum atomic E-state index is 4.51. The van der Waals surface area contributed by atoms with Gasteiger partial charge in [-0.2, -0.15) is 0 Å². The highest BCUT2D eigenvalue weighted by Gasteiger charge is 2.08. The Hall–Kier alpha value is -1.37. The van der Waals surface area contributed by atoms with E-state index in [4.69, 9.17) is 0 Å². The van der Waals surface area contributed by atoms with Crippen molar-refractivity contribution in [3.05, 3.63) is 53.9 Å². The summed E-state index contributed by atoms with van der Waals surface area (Å²) < 4.78 is 0. The molecule has 1 aromatic heterocycles.